The minimum Gasteiger partial charge on any atom is -0.325 e. The zero-order valence-corrected chi connectivity index (χ0v) is 10.3. The van der Waals surface area contributed by atoms with E-state index in [4.69, 9.17) is 5.73 Å². The highest BCUT2D eigenvalue weighted by Gasteiger charge is 2.31. The van der Waals surface area contributed by atoms with E-state index in [1.807, 2.05) is 0 Å². The summed E-state index contributed by atoms with van der Waals surface area (Å²) in [6.07, 6.45) is 1.40. The number of halogens is 3. The van der Waals surface area contributed by atoms with Crippen molar-refractivity contribution in [1.29, 1.82) is 0 Å². The molecule has 0 saturated heterocycles. The number of hydrogen-bond donors (Lipinski definition) is 1. The smallest absolute Gasteiger partial charge is 0.325 e. The molecule has 1 fully saturated rings. The van der Waals surface area contributed by atoms with Crippen LogP contribution in [0, 0.1) is 0 Å². The van der Waals surface area contributed by atoms with Crippen molar-refractivity contribution in [2.45, 2.75) is 50.2 Å². The van der Waals surface area contributed by atoms with Crippen LogP contribution in [0.3, 0.4) is 0 Å². The molecule has 1 aromatic carbocycles. The van der Waals surface area contributed by atoms with E-state index in [1.165, 1.54) is 12.1 Å². The number of nitrogens with two attached hydrogens (primary N) is 1. The lowest BCUT2D eigenvalue weighted by Gasteiger charge is -2.23. The van der Waals surface area contributed by atoms with E-state index >= 15 is 0 Å². The van der Waals surface area contributed by atoms with Gasteiger partial charge in [0.2, 0.25) is 0 Å². The molecule has 0 radical (unpaired) electrons. The minimum atomic E-state index is -4.26. The predicted molar refractivity (Wildman–Crippen MR) is 65.2 cm³/mol. The second-order valence-electron chi connectivity index (χ2n) is 5.27. The third-order valence-electron chi connectivity index (χ3n) is 3.77. The fourth-order valence-corrected chi connectivity index (χ4v) is 2.63. The van der Waals surface area contributed by atoms with Crippen molar-refractivity contribution >= 4 is 0 Å². The lowest BCUT2D eigenvalue weighted by atomic mass is 9.90. The summed E-state index contributed by atoms with van der Waals surface area (Å²) in [7, 11) is 0. The molecule has 0 aromatic heterocycles. The second-order valence-corrected chi connectivity index (χ2v) is 5.27. The molecule has 0 amide bonds. The van der Waals surface area contributed by atoms with Crippen LogP contribution in [0.4, 0.5) is 13.2 Å². The van der Waals surface area contributed by atoms with Crippen molar-refractivity contribution in [3.8, 4) is 0 Å². The molecular formula is C14H18F3N. The van der Waals surface area contributed by atoms with E-state index in [0.29, 0.717) is 6.42 Å². The van der Waals surface area contributed by atoms with Crippen LogP contribution >= 0.6 is 0 Å². The third kappa shape index (κ3) is 3.25. The molecule has 1 aliphatic carbocycles. The predicted octanol–water partition coefficient (Wildman–Crippen LogP) is 3.91. The van der Waals surface area contributed by atoms with Crippen LogP contribution in [0.25, 0.3) is 0 Å². The van der Waals surface area contributed by atoms with E-state index in [2.05, 4.69) is 0 Å². The Labute approximate surface area is 105 Å². The van der Waals surface area contributed by atoms with Gasteiger partial charge in [-0.3, -0.25) is 0 Å². The van der Waals surface area contributed by atoms with E-state index < -0.39 is 11.7 Å². The van der Waals surface area contributed by atoms with Crippen molar-refractivity contribution in [2.75, 3.05) is 0 Å². The molecule has 0 spiro atoms. The van der Waals surface area contributed by atoms with Crippen LogP contribution < -0.4 is 5.73 Å². The molecule has 2 rings (SSSR count). The van der Waals surface area contributed by atoms with Crippen LogP contribution in [0.2, 0.25) is 0 Å². The summed E-state index contributed by atoms with van der Waals surface area (Å²) in [6, 6.07) is 5.55. The van der Waals surface area contributed by atoms with E-state index in [9.17, 15) is 13.2 Å². The fraction of sp³-hybridized carbons (Fsp3) is 0.571. The number of hydrogen-bond acceptors (Lipinski definition) is 1. The Balaban J connectivity index is 2.01. The van der Waals surface area contributed by atoms with Gasteiger partial charge in [-0.25, -0.2) is 0 Å². The fourth-order valence-electron chi connectivity index (χ4n) is 2.63. The van der Waals surface area contributed by atoms with Gasteiger partial charge in [0.1, 0.15) is 0 Å². The summed E-state index contributed by atoms with van der Waals surface area (Å²) in [5, 5.41) is 0. The molecule has 0 bridgehead atoms. The van der Waals surface area contributed by atoms with Crippen molar-refractivity contribution in [3.05, 3.63) is 35.4 Å². The van der Waals surface area contributed by atoms with Gasteiger partial charge in [-0.05, 0) is 37.3 Å². The Morgan fingerprint density at radius 3 is 2.44 bits per heavy atom. The molecule has 4 heteroatoms. The number of benzene rings is 1. The molecule has 0 aliphatic heterocycles. The maximum atomic E-state index is 12.6. The monoisotopic (exact) mass is 257 g/mol. The average molecular weight is 257 g/mol. The molecule has 2 N–H and O–H groups in total. The van der Waals surface area contributed by atoms with Crippen molar-refractivity contribution < 1.29 is 13.2 Å². The van der Waals surface area contributed by atoms with Gasteiger partial charge < -0.3 is 5.73 Å². The number of alkyl halides is 3. The SMILES string of the molecule is NC1(CCc2cccc(C(F)(F)F)c2)CCCC1. The van der Waals surface area contributed by atoms with Gasteiger partial charge in [0.15, 0.2) is 0 Å². The zero-order chi connectivity index (χ0) is 13.2. The summed E-state index contributed by atoms with van der Waals surface area (Å²) >= 11 is 0. The maximum absolute atomic E-state index is 12.6. The summed E-state index contributed by atoms with van der Waals surface area (Å²) in [5.74, 6) is 0. The molecule has 1 nitrogen and oxygen atoms in total. The van der Waals surface area contributed by atoms with Crippen molar-refractivity contribution in [2.24, 2.45) is 5.73 Å². The largest absolute Gasteiger partial charge is 0.416 e. The first-order chi connectivity index (χ1) is 8.39. The molecule has 0 unspecified atom stereocenters. The third-order valence-corrected chi connectivity index (χ3v) is 3.77. The van der Waals surface area contributed by atoms with Gasteiger partial charge in [-0.15, -0.1) is 0 Å². The molecule has 1 aliphatic rings. The van der Waals surface area contributed by atoms with Crippen LogP contribution in [0.15, 0.2) is 24.3 Å². The summed E-state index contributed by atoms with van der Waals surface area (Å²) in [5.41, 5.74) is 6.20. The molecule has 0 heterocycles. The van der Waals surface area contributed by atoms with Gasteiger partial charge >= 0.3 is 6.18 Å². The average Bonchev–Trinajstić information content (AvgIpc) is 2.74. The van der Waals surface area contributed by atoms with E-state index in [0.717, 1.165) is 43.7 Å². The van der Waals surface area contributed by atoms with Crippen molar-refractivity contribution in [3.63, 3.8) is 0 Å². The van der Waals surface area contributed by atoms with Crippen LogP contribution in [0.1, 0.15) is 43.2 Å². The molecule has 1 aromatic rings. The Morgan fingerprint density at radius 1 is 1.17 bits per heavy atom. The van der Waals surface area contributed by atoms with E-state index in [-0.39, 0.29) is 5.54 Å². The molecule has 100 valence electrons. The lowest BCUT2D eigenvalue weighted by Crippen LogP contribution is -2.36. The van der Waals surface area contributed by atoms with Crippen LogP contribution in [0.5, 0.6) is 0 Å². The topological polar surface area (TPSA) is 26.0 Å². The quantitative estimate of drug-likeness (QED) is 0.873. The highest BCUT2D eigenvalue weighted by Crippen LogP contribution is 2.33. The second kappa shape index (κ2) is 4.92. The highest BCUT2D eigenvalue weighted by atomic mass is 19.4. The van der Waals surface area contributed by atoms with Gasteiger partial charge in [0, 0.05) is 5.54 Å². The standard InChI is InChI=1S/C14H18F3N/c15-14(16,17)12-5-3-4-11(10-12)6-9-13(18)7-1-2-8-13/h3-5,10H,1-2,6-9,18H2. The molecular weight excluding hydrogens is 239 g/mol. The van der Waals surface area contributed by atoms with Gasteiger partial charge in [-0.2, -0.15) is 13.2 Å². The maximum Gasteiger partial charge on any atom is 0.416 e. The molecule has 18 heavy (non-hydrogen) atoms. The normalized spacial score (nSPS) is 19.1. The van der Waals surface area contributed by atoms with E-state index in [1.54, 1.807) is 6.07 Å². The minimum absolute atomic E-state index is 0.158. The Bertz CT molecular complexity index is 406. The number of rotatable bonds is 3. The lowest BCUT2D eigenvalue weighted by molar-refractivity contribution is -0.137. The van der Waals surface area contributed by atoms with Gasteiger partial charge in [-0.1, -0.05) is 31.0 Å². The van der Waals surface area contributed by atoms with Gasteiger partial charge in [0.05, 0.1) is 5.56 Å². The first-order valence-electron chi connectivity index (χ1n) is 6.34. The summed E-state index contributed by atoms with van der Waals surface area (Å²) in [4.78, 5) is 0. The van der Waals surface area contributed by atoms with Crippen LogP contribution in [-0.4, -0.2) is 5.54 Å². The highest BCUT2D eigenvalue weighted by molar-refractivity contribution is 5.26. The van der Waals surface area contributed by atoms with Crippen LogP contribution in [-0.2, 0) is 12.6 Å². The van der Waals surface area contributed by atoms with Gasteiger partial charge in [0.25, 0.3) is 0 Å². The Kier molecular flexibility index (Phi) is 3.66. The summed E-state index contributed by atoms with van der Waals surface area (Å²) < 4.78 is 37.7. The Hall–Kier alpha value is -1.03. The Morgan fingerprint density at radius 2 is 1.83 bits per heavy atom. The summed E-state index contributed by atoms with van der Waals surface area (Å²) in [6.45, 7) is 0. The first-order valence-corrected chi connectivity index (χ1v) is 6.34. The molecule has 1 saturated carbocycles. The molecule has 0 atom stereocenters. The van der Waals surface area contributed by atoms with Crippen molar-refractivity contribution in [1.82, 2.24) is 0 Å². The zero-order valence-electron chi connectivity index (χ0n) is 10.3. The number of aryl methyl sites for hydroxylation is 1. The first kappa shape index (κ1) is 13.4.